The quantitative estimate of drug-likeness (QED) is 0.716. The summed E-state index contributed by atoms with van der Waals surface area (Å²) < 4.78 is 6.66. The highest BCUT2D eigenvalue weighted by Gasteiger charge is 2.21. The van der Waals surface area contributed by atoms with Gasteiger partial charge in [0.1, 0.15) is 0 Å². The van der Waals surface area contributed by atoms with E-state index in [1.54, 1.807) is 11.3 Å². The Kier molecular flexibility index (Phi) is 6.64. The summed E-state index contributed by atoms with van der Waals surface area (Å²) >= 11 is 5.24. The van der Waals surface area contributed by atoms with Gasteiger partial charge in [-0.3, -0.25) is 9.69 Å². The average molecular weight is 423 g/mol. The Bertz CT molecular complexity index is 699. The van der Waals surface area contributed by atoms with E-state index in [4.69, 9.17) is 4.74 Å². The first-order valence-electron chi connectivity index (χ1n) is 8.52. The lowest BCUT2D eigenvalue weighted by molar-refractivity contribution is -0.117. The van der Waals surface area contributed by atoms with Crippen LogP contribution in [0.5, 0.6) is 0 Å². The summed E-state index contributed by atoms with van der Waals surface area (Å²) in [5.74, 6) is -0.000828. The fraction of sp³-hybridized carbons (Fsp3) is 0.421. The minimum absolute atomic E-state index is 0.000828. The molecule has 1 saturated heterocycles. The molecule has 1 fully saturated rings. The van der Waals surface area contributed by atoms with E-state index in [0.717, 1.165) is 48.3 Å². The second-order valence-electron chi connectivity index (χ2n) is 6.42. The molecular weight excluding hydrogens is 400 g/mol. The van der Waals surface area contributed by atoms with E-state index < -0.39 is 0 Å². The molecule has 0 saturated carbocycles. The van der Waals surface area contributed by atoms with Gasteiger partial charge in [0.25, 0.3) is 0 Å². The number of carbonyl (C=O) groups excluding carboxylic acids is 1. The van der Waals surface area contributed by atoms with Gasteiger partial charge in [-0.25, -0.2) is 0 Å². The molecule has 6 heteroatoms. The predicted molar refractivity (Wildman–Crippen MR) is 106 cm³/mol. The first kappa shape index (κ1) is 18.6. The van der Waals surface area contributed by atoms with E-state index in [1.165, 1.54) is 4.88 Å². The van der Waals surface area contributed by atoms with Gasteiger partial charge in [0.2, 0.25) is 5.91 Å². The van der Waals surface area contributed by atoms with Crippen LogP contribution in [0.1, 0.15) is 23.3 Å². The highest BCUT2D eigenvalue weighted by atomic mass is 79.9. The van der Waals surface area contributed by atoms with Crippen LogP contribution in [0, 0.1) is 6.92 Å². The van der Waals surface area contributed by atoms with E-state index in [-0.39, 0.29) is 12.0 Å². The third kappa shape index (κ3) is 5.64. The Morgan fingerprint density at radius 1 is 1.44 bits per heavy atom. The van der Waals surface area contributed by atoms with Crippen molar-refractivity contribution in [2.45, 2.75) is 32.4 Å². The number of halogens is 1. The second kappa shape index (κ2) is 8.94. The number of hydrogen-bond acceptors (Lipinski definition) is 4. The van der Waals surface area contributed by atoms with Gasteiger partial charge >= 0.3 is 0 Å². The molecular formula is C19H23BrN2O2S. The summed E-state index contributed by atoms with van der Waals surface area (Å²) in [5.41, 5.74) is 1.96. The van der Waals surface area contributed by atoms with Gasteiger partial charge in [0.05, 0.1) is 18.3 Å². The fourth-order valence-electron chi connectivity index (χ4n) is 3.00. The first-order chi connectivity index (χ1) is 12.1. The van der Waals surface area contributed by atoms with Crippen LogP contribution in [-0.4, -0.2) is 36.6 Å². The topological polar surface area (TPSA) is 41.6 Å². The van der Waals surface area contributed by atoms with Gasteiger partial charge in [-0.2, -0.15) is 0 Å². The summed E-state index contributed by atoms with van der Waals surface area (Å²) in [6.07, 6.45) is 2.42. The number of hydrogen-bond donors (Lipinski definition) is 1. The maximum absolute atomic E-state index is 12.6. The molecule has 1 aromatic carbocycles. The maximum Gasteiger partial charge on any atom is 0.238 e. The Balaban J connectivity index is 1.62. The number of benzene rings is 1. The van der Waals surface area contributed by atoms with Crippen molar-refractivity contribution in [1.82, 2.24) is 4.90 Å². The van der Waals surface area contributed by atoms with Crippen LogP contribution in [0.25, 0.3) is 0 Å². The zero-order chi connectivity index (χ0) is 17.6. The van der Waals surface area contributed by atoms with E-state index in [1.807, 2.05) is 31.2 Å². The molecule has 1 aliphatic heterocycles. The number of rotatable bonds is 7. The van der Waals surface area contributed by atoms with Crippen LogP contribution in [0.2, 0.25) is 0 Å². The van der Waals surface area contributed by atoms with Crippen LogP contribution >= 0.6 is 27.3 Å². The molecule has 1 amide bonds. The molecule has 1 aromatic heterocycles. The van der Waals surface area contributed by atoms with Gasteiger partial charge in [-0.05, 0) is 64.8 Å². The van der Waals surface area contributed by atoms with Crippen molar-refractivity contribution in [2.75, 3.05) is 25.0 Å². The van der Waals surface area contributed by atoms with Crippen LogP contribution in [-0.2, 0) is 16.1 Å². The third-order valence-corrected chi connectivity index (χ3v) is 5.73. The molecule has 3 rings (SSSR count). The number of carbonyl (C=O) groups is 1. The van der Waals surface area contributed by atoms with Crippen molar-refractivity contribution < 1.29 is 9.53 Å². The lowest BCUT2D eigenvalue weighted by Gasteiger charge is -2.24. The molecule has 25 heavy (non-hydrogen) atoms. The highest BCUT2D eigenvalue weighted by Crippen LogP contribution is 2.23. The second-order valence-corrected chi connectivity index (χ2v) is 8.30. The normalized spacial score (nSPS) is 17.2. The zero-order valence-electron chi connectivity index (χ0n) is 14.3. The van der Waals surface area contributed by atoms with Crippen LogP contribution in [0.4, 0.5) is 5.69 Å². The molecule has 2 heterocycles. The standard InChI is InChI=1S/C19H23BrN2O2S/c1-14-6-7-18(17(20)10-14)21-19(23)13-22(11-15-4-2-8-24-15)12-16-5-3-9-25-16/h3,5-7,9-10,15H,2,4,8,11-13H2,1H3,(H,21,23). The summed E-state index contributed by atoms with van der Waals surface area (Å²) in [6, 6.07) is 10.1. The smallest absolute Gasteiger partial charge is 0.238 e. The molecule has 0 aliphatic carbocycles. The molecule has 0 spiro atoms. The molecule has 1 aliphatic rings. The van der Waals surface area contributed by atoms with Gasteiger partial charge in [-0.1, -0.05) is 12.1 Å². The Morgan fingerprint density at radius 2 is 2.32 bits per heavy atom. The van der Waals surface area contributed by atoms with E-state index >= 15 is 0 Å². The molecule has 0 bridgehead atoms. The molecule has 1 unspecified atom stereocenters. The van der Waals surface area contributed by atoms with E-state index in [9.17, 15) is 4.79 Å². The summed E-state index contributed by atoms with van der Waals surface area (Å²) in [7, 11) is 0. The summed E-state index contributed by atoms with van der Waals surface area (Å²) in [4.78, 5) is 16.0. The lowest BCUT2D eigenvalue weighted by atomic mass is 10.2. The van der Waals surface area contributed by atoms with Gasteiger partial charge in [-0.15, -0.1) is 11.3 Å². The van der Waals surface area contributed by atoms with Crippen molar-refractivity contribution in [1.29, 1.82) is 0 Å². The predicted octanol–water partition coefficient (Wildman–Crippen LogP) is 4.44. The molecule has 0 radical (unpaired) electrons. The lowest BCUT2D eigenvalue weighted by Crippen LogP contribution is -2.37. The fourth-order valence-corrected chi connectivity index (χ4v) is 4.34. The molecule has 4 nitrogen and oxygen atoms in total. The Hall–Kier alpha value is -1.21. The first-order valence-corrected chi connectivity index (χ1v) is 10.2. The van der Waals surface area contributed by atoms with Gasteiger partial charge in [0.15, 0.2) is 0 Å². The SMILES string of the molecule is Cc1ccc(NC(=O)CN(Cc2cccs2)CC2CCCO2)c(Br)c1. The summed E-state index contributed by atoms with van der Waals surface area (Å²) in [6.45, 7) is 4.79. The number of nitrogens with zero attached hydrogens (tertiary/aromatic N) is 1. The number of thiophene rings is 1. The largest absolute Gasteiger partial charge is 0.377 e. The molecule has 2 aromatic rings. The highest BCUT2D eigenvalue weighted by molar-refractivity contribution is 9.10. The molecule has 1 N–H and O–H groups in total. The monoisotopic (exact) mass is 422 g/mol. The van der Waals surface area contributed by atoms with Crippen molar-refractivity contribution in [3.05, 3.63) is 50.6 Å². The van der Waals surface area contributed by atoms with Crippen LogP contribution in [0.3, 0.4) is 0 Å². The minimum atomic E-state index is -0.000828. The maximum atomic E-state index is 12.6. The van der Waals surface area contributed by atoms with E-state index in [2.05, 4.69) is 37.6 Å². The van der Waals surface area contributed by atoms with Crippen molar-refractivity contribution in [3.8, 4) is 0 Å². The van der Waals surface area contributed by atoms with Crippen molar-refractivity contribution in [3.63, 3.8) is 0 Å². The number of anilines is 1. The molecule has 1 atom stereocenters. The number of aryl methyl sites for hydroxylation is 1. The zero-order valence-corrected chi connectivity index (χ0v) is 16.7. The van der Waals surface area contributed by atoms with Crippen LogP contribution in [0.15, 0.2) is 40.2 Å². The number of amides is 1. The van der Waals surface area contributed by atoms with Crippen LogP contribution < -0.4 is 5.32 Å². The Labute approximate surface area is 161 Å². The van der Waals surface area contributed by atoms with Gasteiger partial charge in [0, 0.05) is 29.0 Å². The minimum Gasteiger partial charge on any atom is -0.377 e. The molecule has 134 valence electrons. The van der Waals surface area contributed by atoms with Crippen molar-refractivity contribution >= 4 is 38.9 Å². The van der Waals surface area contributed by atoms with E-state index in [0.29, 0.717) is 6.54 Å². The number of nitrogens with one attached hydrogen (secondary N) is 1. The Morgan fingerprint density at radius 3 is 3.00 bits per heavy atom. The third-order valence-electron chi connectivity index (χ3n) is 4.21. The number of ether oxygens (including phenoxy) is 1. The average Bonchev–Trinajstić information content (AvgIpc) is 3.24. The summed E-state index contributed by atoms with van der Waals surface area (Å²) in [5, 5.41) is 5.08. The van der Waals surface area contributed by atoms with Crippen molar-refractivity contribution in [2.24, 2.45) is 0 Å². The van der Waals surface area contributed by atoms with Gasteiger partial charge < -0.3 is 10.1 Å².